The largest absolute Gasteiger partial charge is 0.493 e. The molecule has 0 saturated carbocycles. The number of hydrogen-bond acceptors (Lipinski definition) is 7. The maximum atomic E-state index is 11.4. The molecule has 0 radical (unpaired) electrons. The van der Waals surface area contributed by atoms with Crippen molar-refractivity contribution in [2.24, 2.45) is 0 Å². The van der Waals surface area contributed by atoms with Gasteiger partial charge in [0.05, 0.1) is 20.8 Å². The summed E-state index contributed by atoms with van der Waals surface area (Å²) < 4.78 is 20.2. The minimum Gasteiger partial charge on any atom is -0.493 e. The standard InChI is InChI=1S/C14H16N2O5/c1-4-20-13(17)8-12-15-14(16-21-12)9-5-6-10(18-2)11(7-9)19-3/h5-7H,4,8H2,1-3H3. The summed E-state index contributed by atoms with van der Waals surface area (Å²) in [7, 11) is 3.10. The molecule has 21 heavy (non-hydrogen) atoms. The van der Waals surface area contributed by atoms with Gasteiger partial charge in [-0.05, 0) is 25.1 Å². The lowest BCUT2D eigenvalue weighted by atomic mass is 10.2. The van der Waals surface area contributed by atoms with Gasteiger partial charge in [-0.15, -0.1) is 0 Å². The molecule has 0 fully saturated rings. The molecule has 0 aliphatic heterocycles. The normalized spacial score (nSPS) is 10.2. The molecule has 0 N–H and O–H groups in total. The molecular weight excluding hydrogens is 276 g/mol. The first-order chi connectivity index (χ1) is 10.2. The highest BCUT2D eigenvalue weighted by Crippen LogP contribution is 2.31. The second-order valence-electron chi connectivity index (χ2n) is 4.06. The Morgan fingerprint density at radius 1 is 1.24 bits per heavy atom. The number of nitrogens with zero attached hydrogens (tertiary/aromatic N) is 2. The van der Waals surface area contributed by atoms with Crippen molar-refractivity contribution < 1.29 is 23.5 Å². The van der Waals surface area contributed by atoms with E-state index in [0.29, 0.717) is 29.5 Å². The Kier molecular flexibility index (Phi) is 4.76. The number of carbonyl (C=O) groups excluding carboxylic acids is 1. The summed E-state index contributed by atoms with van der Waals surface area (Å²) in [6, 6.07) is 5.26. The molecule has 0 atom stereocenters. The summed E-state index contributed by atoms with van der Waals surface area (Å²) in [6.07, 6.45) is -0.0475. The minimum atomic E-state index is -0.403. The van der Waals surface area contributed by atoms with Crippen LogP contribution in [0.4, 0.5) is 0 Å². The van der Waals surface area contributed by atoms with E-state index in [1.54, 1.807) is 39.3 Å². The Hall–Kier alpha value is -2.57. The molecule has 0 spiro atoms. The summed E-state index contributed by atoms with van der Waals surface area (Å²) in [4.78, 5) is 15.5. The van der Waals surface area contributed by atoms with E-state index in [2.05, 4.69) is 10.1 Å². The molecule has 0 amide bonds. The number of hydrogen-bond donors (Lipinski definition) is 0. The van der Waals surface area contributed by atoms with Gasteiger partial charge in [-0.1, -0.05) is 5.16 Å². The molecular formula is C14H16N2O5. The number of aromatic nitrogens is 2. The molecule has 2 aromatic rings. The van der Waals surface area contributed by atoms with Gasteiger partial charge < -0.3 is 18.7 Å². The van der Waals surface area contributed by atoms with E-state index in [-0.39, 0.29) is 12.3 Å². The Morgan fingerprint density at radius 2 is 2.00 bits per heavy atom. The highest BCUT2D eigenvalue weighted by atomic mass is 16.5. The molecule has 2 rings (SSSR count). The van der Waals surface area contributed by atoms with Crippen molar-refractivity contribution in [3.8, 4) is 22.9 Å². The van der Waals surface area contributed by atoms with Crippen LogP contribution in [0.3, 0.4) is 0 Å². The van der Waals surface area contributed by atoms with Gasteiger partial charge >= 0.3 is 5.97 Å². The zero-order chi connectivity index (χ0) is 15.2. The van der Waals surface area contributed by atoms with Crippen LogP contribution in [-0.2, 0) is 16.0 Å². The van der Waals surface area contributed by atoms with Crippen molar-refractivity contribution in [3.63, 3.8) is 0 Å². The van der Waals surface area contributed by atoms with E-state index in [1.165, 1.54) is 0 Å². The zero-order valence-corrected chi connectivity index (χ0v) is 12.1. The highest BCUT2D eigenvalue weighted by Gasteiger charge is 2.14. The smallest absolute Gasteiger partial charge is 0.315 e. The number of carbonyl (C=O) groups is 1. The van der Waals surface area contributed by atoms with Gasteiger partial charge in [-0.2, -0.15) is 4.98 Å². The van der Waals surface area contributed by atoms with Crippen LogP contribution in [0.15, 0.2) is 22.7 Å². The number of ether oxygens (including phenoxy) is 3. The lowest BCUT2D eigenvalue weighted by Gasteiger charge is -2.07. The molecule has 1 heterocycles. The van der Waals surface area contributed by atoms with Gasteiger partial charge in [-0.25, -0.2) is 0 Å². The predicted molar refractivity (Wildman–Crippen MR) is 73.2 cm³/mol. The third kappa shape index (κ3) is 3.50. The third-order valence-corrected chi connectivity index (χ3v) is 2.71. The van der Waals surface area contributed by atoms with Crippen LogP contribution in [0.5, 0.6) is 11.5 Å². The van der Waals surface area contributed by atoms with Crippen LogP contribution >= 0.6 is 0 Å². The fourth-order valence-electron chi connectivity index (χ4n) is 1.75. The summed E-state index contributed by atoms with van der Waals surface area (Å²) >= 11 is 0. The molecule has 0 unspecified atom stereocenters. The van der Waals surface area contributed by atoms with E-state index in [1.807, 2.05) is 0 Å². The van der Waals surface area contributed by atoms with Crippen LogP contribution in [0.2, 0.25) is 0 Å². The SMILES string of the molecule is CCOC(=O)Cc1nc(-c2ccc(OC)c(OC)c2)no1. The molecule has 0 saturated heterocycles. The quantitative estimate of drug-likeness (QED) is 0.751. The maximum Gasteiger partial charge on any atom is 0.315 e. The van der Waals surface area contributed by atoms with Crippen molar-refractivity contribution in [1.82, 2.24) is 10.1 Å². The molecule has 0 aliphatic carbocycles. The average molecular weight is 292 g/mol. The second kappa shape index (κ2) is 6.74. The molecule has 0 bridgehead atoms. The monoisotopic (exact) mass is 292 g/mol. The van der Waals surface area contributed by atoms with Gasteiger partial charge in [0.25, 0.3) is 0 Å². The summed E-state index contributed by atoms with van der Waals surface area (Å²) in [5.74, 6) is 1.34. The Morgan fingerprint density at radius 3 is 2.67 bits per heavy atom. The Balaban J connectivity index is 2.19. The van der Waals surface area contributed by atoms with E-state index >= 15 is 0 Å². The fourth-order valence-corrected chi connectivity index (χ4v) is 1.75. The van der Waals surface area contributed by atoms with Gasteiger partial charge in [0.15, 0.2) is 11.5 Å². The predicted octanol–water partition coefficient (Wildman–Crippen LogP) is 1.86. The second-order valence-corrected chi connectivity index (χ2v) is 4.06. The molecule has 0 aliphatic rings. The van der Waals surface area contributed by atoms with E-state index in [9.17, 15) is 4.79 Å². The maximum absolute atomic E-state index is 11.4. The minimum absolute atomic E-state index is 0.0475. The van der Waals surface area contributed by atoms with Crippen molar-refractivity contribution >= 4 is 5.97 Å². The average Bonchev–Trinajstić information content (AvgIpc) is 2.95. The number of esters is 1. The lowest BCUT2D eigenvalue weighted by molar-refractivity contribution is -0.142. The van der Waals surface area contributed by atoms with Crippen LogP contribution < -0.4 is 9.47 Å². The van der Waals surface area contributed by atoms with Crippen LogP contribution in [0, 0.1) is 0 Å². The topological polar surface area (TPSA) is 83.7 Å². The summed E-state index contributed by atoms with van der Waals surface area (Å²) in [5.41, 5.74) is 0.700. The first-order valence-electron chi connectivity index (χ1n) is 6.38. The summed E-state index contributed by atoms with van der Waals surface area (Å²) in [6.45, 7) is 2.05. The zero-order valence-electron chi connectivity index (χ0n) is 12.1. The van der Waals surface area contributed by atoms with Gasteiger partial charge in [-0.3, -0.25) is 4.79 Å². The van der Waals surface area contributed by atoms with E-state index < -0.39 is 5.97 Å². The van der Waals surface area contributed by atoms with Crippen molar-refractivity contribution in [2.45, 2.75) is 13.3 Å². The number of rotatable bonds is 6. The van der Waals surface area contributed by atoms with E-state index in [0.717, 1.165) is 0 Å². The third-order valence-electron chi connectivity index (χ3n) is 2.71. The van der Waals surface area contributed by atoms with Crippen LogP contribution in [0.1, 0.15) is 12.8 Å². The molecule has 7 heteroatoms. The lowest BCUT2D eigenvalue weighted by Crippen LogP contribution is -2.07. The fraction of sp³-hybridized carbons (Fsp3) is 0.357. The van der Waals surface area contributed by atoms with Gasteiger partial charge in [0.2, 0.25) is 11.7 Å². The molecule has 1 aromatic carbocycles. The Bertz CT molecular complexity index is 624. The van der Waals surface area contributed by atoms with Crippen molar-refractivity contribution in [2.75, 3.05) is 20.8 Å². The first kappa shape index (κ1) is 14.8. The van der Waals surface area contributed by atoms with Crippen molar-refractivity contribution in [1.29, 1.82) is 0 Å². The van der Waals surface area contributed by atoms with Crippen LogP contribution in [0.25, 0.3) is 11.4 Å². The van der Waals surface area contributed by atoms with Crippen LogP contribution in [-0.4, -0.2) is 36.9 Å². The van der Waals surface area contributed by atoms with Gasteiger partial charge in [0, 0.05) is 5.56 Å². The molecule has 1 aromatic heterocycles. The number of methoxy groups -OCH3 is 2. The first-order valence-corrected chi connectivity index (χ1v) is 6.38. The highest BCUT2D eigenvalue weighted by molar-refractivity contribution is 5.71. The summed E-state index contributed by atoms with van der Waals surface area (Å²) in [5, 5.41) is 3.84. The van der Waals surface area contributed by atoms with Gasteiger partial charge in [0.1, 0.15) is 6.42 Å². The molecule has 7 nitrogen and oxygen atoms in total. The Labute approximate surface area is 121 Å². The van der Waals surface area contributed by atoms with E-state index in [4.69, 9.17) is 18.7 Å². The number of benzene rings is 1. The van der Waals surface area contributed by atoms with Crippen molar-refractivity contribution in [3.05, 3.63) is 24.1 Å². The molecule has 112 valence electrons.